The van der Waals surface area contributed by atoms with E-state index >= 15 is 0 Å². The molecular weight excluding hydrogens is 298 g/mol. The van der Waals surface area contributed by atoms with Crippen LogP contribution in [-0.4, -0.2) is 47.6 Å². The lowest BCUT2D eigenvalue weighted by molar-refractivity contribution is -0.000393. The average Bonchev–Trinajstić information content (AvgIpc) is 3.25. The molecule has 2 unspecified atom stereocenters. The minimum atomic E-state index is 0.0348. The van der Waals surface area contributed by atoms with E-state index in [9.17, 15) is 4.79 Å². The monoisotopic (exact) mass is 317 g/mol. The van der Waals surface area contributed by atoms with Gasteiger partial charge >= 0.3 is 0 Å². The normalized spacial score (nSPS) is 29.3. The number of rotatable bonds is 4. The Kier molecular flexibility index (Phi) is 3.82. The van der Waals surface area contributed by atoms with Crippen LogP contribution >= 0.6 is 11.9 Å². The van der Waals surface area contributed by atoms with E-state index < -0.39 is 0 Å². The van der Waals surface area contributed by atoms with Crippen LogP contribution in [0.1, 0.15) is 16.8 Å². The van der Waals surface area contributed by atoms with E-state index in [1.165, 1.54) is 24.9 Å². The van der Waals surface area contributed by atoms with E-state index in [1.807, 2.05) is 36.5 Å². The number of nitrogens with one attached hydrogen (secondary N) is 1. The van der Waals surface area contributed by atoms with Gasteiger partial charge in [-0.05, 0) is 49.2 Å². The summed E-state index contributed by atoms with van der Waals surface area (Å²) in [5.41, 5.74) is 0.722. The SMILES string of the molecule is O=C(NC1CN2CC[C@H]1C2)c1ccc(SN2C=CCO2)cc1. The number of nitrogens with zero attached hydrogens (tertiary/aromatic N) is 2. The molecule has 6 heteroatoms. The first-order chi connectivity index (χ1) is 10.8. The molecule has 0 saturated carbocycles. The van der Waals surface area contributed by atoms with Crippen LogP contribution in [0.25, 0.3) is 0 Å². The van der Waals surface area contributed by atoms with Crippen molar-refractivity contribution >= 4 is 17.9 Å². The zero-order valence-corrected chi connectivity index (χ0v) is 13.1. The summed E-state index contributed by atoms with van der Waals surface area (Å²) >= 11 is 1.50. The first-order valence-electron chi connectivity index (χ1n) is 7.68. The first-order valence-corrected chi connectivity index (χ1v) is 8.45. The van der Waals surface area contributed by atoms with Gasteiger partial charge in [0.1, 0.15) is 0 Å². The molecule has 0 spiro atoms. The quantitative estimate of drug-likeness (QED) is 0.859. The number of hydroxylamine groups is 1. The van der Waals surface area contributed by atoms with Crippen molar-refractivity contribution in [3.05, 3.63) is 42.1 Å². The highest BCUT2D eigenvalue weighted by Gasteiger charge is 2.38. The molecule has 2 fully saturated rings. The van der Waals surface area contributed by atoms with Crippen LogP contribution in [0, 0.1) is 5.92 Å². The highest BCUT2D eigenvalue weighted by atomic mass is 32.2. The number of hydrogen-bond acceptors (Lipinski definition) is 5. The lowest BCUT2D eigenvalue weighted by atomic mass is 9.99. The Hall–Kier alpha value is -1.50. The summed E-state index contributed by atoms with van der Waals surface area (Å²) in [7, 11) is 0. The third-order valence-corrected chi connectivity index (χ3v) is 5.38. The Morgan fingerprint density at radius 1 is 1.27 bits per heavy atom. The van der Waals surface area contributed by atoms with Crippen LogP contribution in [0.3, 0.4) is 0 Å². The number of carbonyl (C=O) groups is 1. The molecule has 1 aromatic carbocycles. The molecule has 1 N–H and O–H groups in total. The molecule has 116 valence electrons. The van der Waals surface area contributed by atoms with Gasteiger partial charge in [0.25, 0.3) is 5.91 Å². The zero-order valence-electron chi connectivity index (χ0n) is 12.3. The first kappa shape index (κ1) is 14.1. The predicted octanol–water partition coefficient (Wildman–Crippen LogP) is 1.89. The van der Waals surface area contributed by atoms with Crippen molar-refractivity contribution in [3.63, 3.8) is 0 Å². The number of hydrogen-bond donors (Lipinski definition) is 1. The van der Waals surface area contributed by atoms with Crippen LogP contribution in [0.4, 0.5) is 0 Å². The van der Waals surface area contributed by atoms with E-state index in [1.54, 1.807) is 4.47 Å². The molecule has 3 aliphatic rings. The van der Waals surface area contributed by atoms with Crippen LogP contribution in [-0.2, 0) is 4.84 Å². The summed E-state index contributed by atoms with van der Waals surface area (Å²) in [6.07, 6.45) is 5.07. The van der Waals surface area contributed by atoms with E-state index in [0.717, 1.165) is 23.5 Å². The number of amides is 1. The maximum atomic E-state index is 12.4. The molecule has 3 aliphatic heterocycles. The Morgan fingerprint density at radius 3 is 2.77 bits per heavy atom. The molecule has 0 aliphatic carbocycles. The standard InChI is InChI=1S/C16H19N3O2S/c20-16(17-15-11-18-8-6-13(15)10-18)12-2-4-14(5-3-12)22-19-7-1-9-21-19/h1-5,7,13,15H,6,8-11H2,(H,17,20)/t13-,15?/m0/s1. The van der Waals surface area contributed by atoms with Crippen molar-refractivity contribution in [1.29, 1.82) is 0 Å². The molecule has 4 rings (SSSR count). The van der Waals surface area contributed by atoms with Gasteiger partial charge in [-0.15, -0.1) is 0 Å². The van der Waals surface area contributed by atoms with E-state index in [-0.39, 0.29) is 5.91 Å². The highest BCUT2D eigenvalue weighted by Crippen LogP contribution is 2.28. The Labute approximate surface area is 134 Å². The van der Waals surface area contributed by atoms with Crippen molar-refractivity contribution in [2.24, 2.45) is 5.92 Å². The van der Waals surface area contributed by atoms with Crippen LogP contribution in [0.15, 0.2) is 41.4 Å². The fraction of sp³-hybridized carbons (Fsp3) is 0.438. The van der Waals surface area contributed by atoms with Crippen molar-refractivity contribution in [3.8, 4) is 0 Å². The average molecular weight is 317 g/mol. The molecule has 2 bridgehead atoms. The molecule has 0 aromatic heterocycles. The van der Waals surface area contributed by atoms with Gasteiger partial charge in [-0.1, -0.05) is 0 Å². The predicted molar refractivity (Wildman–Crippen MR) is 85.0 cm³/mol. The Balaban J connectivity index is 1.35. The minimum Gasteiger partial charge on any atom is -0.348 e. The Bertz CT molecular complexity index is 590. The lowest BCUT2D eigenvalue weighted by Crippen LogP contribution is -2.43. The molecule has 2 saturated heterocycles. The highest BCUT2D eigenvalue weighted by molar-refractivity contribution is 7.97. The third kappa shape index (κ3) is 2.86. The molecule has 1 aromatic rings. The molecule has 3 heterocycles. The van der Waals surface area contributed by atoms with Gasteiger partial charge in [0, 0.05) is 47.7 Å². The van der Waals surface area contributed by atoms with Crippen LogP contribution < -0.4 is 5.32 Å². The van der Waals surface area contributed by atoms with Crippen molar-refractivity contribution in [2.45, 2.75) is 17.4 Å². The van der Waals surface area contributed by atoms with Gasteiger partial charge < -0.3 is 10.2 Å². The van der Waals surface area contributed by atoms with Gasteiger partial charge in [0.15, 0.2) is 0 Å². The summed E-state index contributed by atoms with van der Waals surface area (Å²) < 4.78 is 1.72. The summed E-state index contributed by atoms with van der Waals surface area (Å²) in [5, 5.41) is 3.19. The minimum absolute atomic E-state index is 0.0348. The third-order valence-electron chi connectivity index (χ3n) is 4.49. The second-order valence-electron chi connectivity index (χ2n) is 5.97. The van der Waals surface area contributed by atoms with Gasteiger partial charge in [-0.25, -0.2) is 0 Å². The van der Waals surface area contributed by atoms with E-state index in [2.05, 4.69) is 10.2 Å². The van der Waals surface area contributed by atoms with Gasteiger partial charge in [-0.2, -0.15) is 4.47 Å². The molecule has 3 atom stereocenters. The molecule has 0 radical (unpaired) electrons. The molecule has 1 amide bonds. The summed E-state index contributed by atoms with van der Waals surface area (Å²) in [4.78, 5) is 21.2. The van der Waals surface area contributed by atoms with E-state index in [0.29, 0.717) is 18.6 Å². The second-order valence-corrected chi connectivity index (χ2v) is 6.98. The van der Waals surface area contributed by atoms with E-state index in [4.69, 9.17) is 4.84 Å². The lowest BCUT2D eigenvalue weighted by Gasteiger charge is -2.23. The molecule has 5 nitrogen and oxygen atoms in total. The number of benzene rings is 1. The zero-order chi connectivity index (χ0) is 14.9. The number of carbonyl (C=O) groups excluding carboxylic acids is 1. The molecular formula is C16H19N3O2S. The van der Waals surface area contributed by atoms with Crippen LogP contribution in [0.5, 0.6) is 0 Å². The number of fused-ring (bicyclic) bond motifs is 2. The second kappa shape index (κ2) is 5.95. The number of piperidine rings is 1. The van der Waals surface area contributed by atoms with Gasteiger partial charge in [0.2, 0.25) is 0 Å². The topological polar surface area (TPSA) is 44.8 Å². The van der Waals surface area contributed by atoms with Crippen LogP contribution in [0.2, 0.25) is 0 Å². The van der Waals surface area contributed by atoms with Crippen molar-refractivity contribution in [1.82, 2.24) is 14.7 Å². The largest absolute Gasteiger partial charge is 0.348 e. The van der Waals surface area contributed by atoms with Crippen molar-refractivity contribution in [2.75, 3.05) is 26.2 Å². The molecule has 22 heavy (non-hydrogen) atoms. The summed E-state index contributed by atoms with van der Waals surface area (Å²) in [6.45, 7) is 3.95. The summed E-state index contributed by atoms with van der Waals surface area (Å²) in [5.74, 6) is 0.672. The maximum absolute atomic E-state index is 12.4. The fourth-order valence-electron chi connectivity index (χ4n) is 3.32. The fourth-order valence-corrected chi connectivity index (χ4v) is 4.04. The van der Waals surface area contributed by atoms with Gasteiger partial charge in [-0.3, -0.25) is 9.63 Å². The Morgan fingerprint density at radius 2 is 2.14 bits per heavy atom. The maximum Gasteiger partial charge on any atom is 0.251 e. The smallest absolute Gasteiger partial charge is 0.251 e. The van der Waals surface area contributed by atoms with Crippen molar-refractivity contribution < 1.29 is 9.63 Å². The summed E-state index contributed by atoms with van der Waals surface area (Å²) in [6, 6.07) is 7.99. The van der Waals surface area contributed by atoms with Gasteiger partial charge in [0.05, 0.1) is 6.61 Å².